The lowest BCUT2D eigenvalue weighted by Crippen LogP contribution is -2.04. The van der Waals surface area contributed by atoms with Crippen molar-refractivity contribution >= 4 is 0 Å². The molecule has 94 valence electrons. The Hall–Kier alpha value is -1.64. The maximum Gasteiger partial charge on any atom is 0.143 e. The van der Waals surface area contributed by atoms with Gasteiger partial charge in [-0.2, -0.15) is 0 Å². The van der Waals surface area contributed by atoms with Gasteiger partial charge in [0.25, 0.3) is 0 Å². The molecule has 0 aliphatic carbocycles. The minimum Gasteiger partial charge on any atom is -0.251 e. The molecule has 2 nitrogen and oxygen atoms in total. The number of hydrogen-bond acceptors (Lipinski definition) is 2. The van der Waals surface area contributed by atoms with Gasteiger partial charge in [-0.15, -0.1) is 0 Å². The zero-order chi connectivity index (χ0) is 13.1. The summed E-state index contributed by atoms with van der Waals surface area (Å²) in [6.07, 6.45) is -0.426. The van der Waals surface area contributed by atoms with E-state index in [1.165, 1.54) is 16.7 Å². The fraction of sp³-hybridized carbons (Fsp3) is 0.250. The van der Waals surface area contributed by atoms with Crippen LogP contribution in [-0.4, -0.2) is 5.26 Å². The number of aryl methyl sites for hydroxylation is 3. The molecule has 1 N–H and O–H groups in total. The maximum atomic E-state index is 9.16. The average Bonchev–Trinajstić information content (AvgIpc) is 2.37. The minimum atomic E-state index is -0.426. The van der Waals surface area contributed by atoms with E-state index in [2.05, 4.69) is 24.8 Å². The van der Waals surface area contributed by atoms with Crippen LogP contribution in [0.5, 0.6) is 0 Å². The van der Waals surface area contributed by atoms with Crippen molar-refractivity contribution in [3.8, 4) is 0 Å². The topological polar surface area (TPSA) is 29.5 Å². The van der Waals surface area contributed by atoms with Gasteiger partial charge in [-0.3, -0.25) is 5.26 Å². The van der Waals surface area contributed by atoms with E-state index in [9.17, 15) is 0 Å². The smallest absolute Gasteiger partial charge is 0.143 e. The van der Waals surface area contributed by atoms with E-state index < -0.39 is 6.10 Å². The summed E-state index contributed by atoms with van der Waals surface area (Å²) in [5, 5.41) is 9.16. The van der Waals surface area contributed by atoms with Gasteiger partial charge in [0.05, 0.1) is 0 Å². The van der Waals surface area contributed by atoms with Crippen molar-refractivity contribution in [2.24, 2.45) is 0 Å². The normalized spacial score (nSPS) is 12.4. The van der Waals surface area contributed by atoms with Gasteiger partial charge in [0.15, 0.2) is 0 Å². The maximum absolute atomic E-state index is 9.16. The second-order valence-corrected chi connectivity index (χ2v) is 4.74. The highest BCUT2D eigenvalue weighted by atomic mass is 17.1. The summed E-state index contributed by atoms with van der Waals surface area (Å²) in [5.74, 6) is 0. The van der Waals surface area contributed by atoms with Crippen LogP contribution in [0.4, 0.5) is 0 Å². The molecule has 0 amide bonds. The van der Waals surface area contributed by atoms with Crippen molar-refractivity contribution in [2.45, 2.75) is 26.9 Å². The Morgan fingerprint density at radius 2 is 1.44 bits per heavy atom. The average molecular weight is 242 g/mol. The van der Waals surface area contributed by atoms with Crippen molar-refractivity contribution in [3.63, 3.8) is 0 Å². The Labute approximate surface area is 108 Å². The molecule has 0 aliphatic rings. The fourth-order valence-electron chi connectivity index (χ4n) is 1.98. The summed E-state index contributed by atoms with van der Waals surface area (Å²) in [6, 6.07) is 14.1. The molecule has 0 aliphatic heterocycles. The predicted molar refractivity (Wildman–Crippen MR) is 72.7 cm³/mol. The van der Waals surface area contributed by atoms with Crippen LogP contribution in [0, 0.1) is 20.8 Å². The fourth-order valence-corrected chi connectivity index (χ4v) is 1.98. The third-order valence-electron chi connectivity index (χ3n) is 3.32. The summed E-state index contributed by atoms with van der Waals surface area (Å²) in [7, 11) is 0. The highest BCUT2D eigenvalue weighted by Gasteiger charge is 2.15. The zero-order valence-electron chi connectivity index (χ0n) is 11.0. The lowest BCUT2D eigenvalue weighted by Gasteiger charge is -2.15. The Morgan fingerprint density at radius 1 is 0.833 bits per heavy atom. The zero-order valence-corrected chi connectivity index (χ0v) is 11.0. The van der Waals surface area contributed by atoms with Crippen LogP contribution in [0.3, 0.4) is 0 Å². The molecule has 0 bridgehead atoms. The summed E-state index contributed by atoms with van der Waals surface area (Å²) >= 11 is 0. The number of benzene rings is 2. The van der Waals surface area contributed by atoms with Crippen molar-refractivity contribution in [3.05, 3.63) is 70.3 Å². The van der Waals surface area contributed by atoms with E-state index >= 15 is 0 Å². The van der Waals surface area contributed by atoms with Gasteiger partial charge in [0.1, 0.15) is 6.10 Å². The third kappa shape index (κ3) is 2.61. The van der Waals surface area contributed by atoms with E-state index in [1.54, 1.807) is 0 Å². The van der Waals surface area contributed by atoms with Crippen molar-refractivity contribution in [2.75, 3.05) is 0 Å². The van der Waals surface area contributed by atoms with Gasteiger partial charge < -0.3 is 0 Å². The van der Waals surface area contributed by atoms with Crippen LogP contribution in [0.15, 0.2) is 42.5 Å². The highest BCUT2D eigenvalue weighted by Crippen LogP contribution is 2.26. The second kappa shape index (κ2) is 5.34. The first-order valence-corrected chi connectivity index (χ1v) is 6.06. The molecule has 2 heteroatoms. The molecule has 2 aromatic carbocycles. The minimum absolute atomic E-state index is 0.426. The molecule has 1 atom stereocenters. The quantitative estimate of drug-likeness (QED) is 0.646. The first-order chi connectivity index (χ1) is 8.61. The Morgan fingerprint density at radius 3 is 2.00 bits per heavy atom. The lowest BCUT2D eigenvalue weighted by atomic mass is 9.97. The first kappa shape index (κ1) is 12.8. The number of rotatable bonds is 3. The van der Waals surface area contributed by atoms with E-state index in [1.807, 2.05) is 43.3 Å². The van der Waals surface area contributed by atoms with Crippen molar-refractivity contribution in [1.82, 2.24) is 0 Å². The summed E-state index contributed by atoms with van der Waals surface area (Å²) in [6.45, 7) is 6.16. The van der Waals surface area contributed by atoms with Gasteiger partial charge >= 0.3 is 0 Å². The van der Waals surface area contributed by atoms with Crippen LogP contribution >= 0.6 is 0 Å². The van der Waals surface area contributed by atoms with E-state index in [0.717, 1.165) is 11.1 Å². The molecule has 0 radical (unpaired) electrons. The van der Waals surface area contributed by atoms with Crippen LogP contribution in [0.25, 0.3) is 0 Å². The van der Waals surface area contributed by atoms with Crippen molar-refractivity contribution in [1.29, 1.82) is 0 Å². The molecule has 0 spiro atoms. The van der Waals surface area contributed by atoms with Crippen LogP contribution < -0.4 is 0 Å². The largest absolute Gasteiger partial charge is 0.251 e. The second-order valence-electron chi connectivity index (χ2n) is 4.74. The number of hydrogen-bond donors (Lipinski definition) is 1. The predicted octanol–water partition coefficient (Wildman–Crippen LogP) is 4.19. The Kier molecular flexibility index (Phi) is 3.80. The summed E-state index contributed by atoms with van der Waals surface area (Å²) in [4.78, 5) is 4.66. The molecule has 0 saturated heterocycles. The van der Waals surface area contributed by atoms with Crippen LogP contribution in [0.1, 0.15) is 33.9 Å². The first-order valence-electron chi connectivity index (χ1n) is 6.06. The third-order valence-corrected chi connectivity index (χ3v) is 3.32. The summed E-state index contributed by atoms with van der Waals surface area (Å²) < 4.78 is 0. The molecule has 0 aromatic heterocycles. The Bertz CT molecular complexity index is 529. The lowest BCUT2D eigenvalue weighted by molar-refractivity contribution is -0.270. The van der Waals surface area contributed by atoms with Gasteiger partial charge in [-0.1, -0.05) is 48.0 Å². The molecule has 0 heterocycles. The van der Waals surface area contributed by atoms with Crippen molar-refractivity contribution < 1.29 is 10.1 Å². The molecule has 18 heavy (non-hydrogen) atoms. The molecular weight excluding hydrogens is 224 g/mol. The molecule has 1 unspecified atom stereocenters. The SMILES string of the molecule is Cc1ccc(C(OO)c2ccc(C)c(C)c2)cc1. The van der Waals surface area contributed by atoms with Gasteiger partial charge in [0.2, 0.25) is 0 Å². The van der Waals surface area contributed by atoms with Gasteiger partial charge in [-0.25, -0.2) is 4.89 Å². The molecular formula is C16H18O2. The monoisotopic (exact) mass is 242 g/mol. The summed E-state index contributed by atoms with van der Waals surface area (Å²) in [5.41, 5.74) is 5.53. The molecule has 0 fully saturated rings. The van der Waals surface area contributed by atoms with E-state index in [4.69, 9.17) is 5.26 Å². The molecule has 2 rings (SSSR count). The standard InChI is InChI=1S/C16H18O2/c1-11-4-7-14(8-5-11)16(18-17)15-9-6-12(2)13(3)10-15/h4-10,16-17H,1-3H3. The van der Waals surface area contributed by atoms with Gasteiger partial charge in [-0.05, 0) is 43.0 Å². The molecule has 0 saturated carbocycles. The Balaban J connectivity index is 2.38. The van der Waals surface area contributed by atoms with E-state index in [0.29, 0.717) is 0 Å². The van der Waals surface area contributed by atoms with E-state index in [-0.39, 0.29) is 0 Å². The van der Waals surface area contributed by atoms with Crippen LogP contribution in [0.2, 0.25) is 0 Å². The van der Waals surface area contributed by atoms with Crippen LogP contribution in [-0.2, 0) is 4.89 Å². The highest BCUT2D eigenvalue weighted by molar-refractivity contribution is 5.36. The molecule has 2 aromatic rings. The van der Waals surface area contributed by atoms with Gasteiger partial charge in [0, 0.05) is 0 Å².